The summed E-state index contributed by atoms with van der Waals surface area (Å²) in [7, 11) is 0. The predicted molar refractivity (Wildman–Crippen MR) is 315 cm³/mol. The van der Waals surface area contributed by atoms with Crippen molar-refractivity contribution in [2.24, 2.45) is 0 Å². The van der Waals surface area contributed by atoms with Gasteiger partial charge in [0.15, 0.2) is 6.71 Å². The number of rotatable bonds is 10. The van der Waals surface area contributed by atoms with Crippen molar-refractivity contribution in [1.29, 1.82) is 0 Å². The Labute approximate surface area is 458 Å². The summed E-state index contributed by atoms with van der Waals surface area (Å²) in [4.78, 5) is 9.68. The van der Waals surface area contributed by atoms with E-state index in [4.69, 9.17) is 4.98 Å². The second-order valence-corrected chi connectivity index (χ2v) is 19.1. The van der Waals surface area contributed by atoms with E-state index in [1.807, 2.05) is 12.3 Å². The van der Waals surface area contributed by atoms with Crippen LogP contribution in [0.15, 0.2) is 273 Å². The molecule has 0 fully saturated rings. The van der Waals surface area contributed by atoms with Crippen molar-refractivity contribution in [3.8, 4) is 50.3 Å². The van der Waals surface area contributed by atoms with Crippen LogP contribution in [-0.2, 0) is 21.1 Å². The Balaban J connectivity index is 0.00000553. The quantitative estimate of drug-likeness (QED) is 0.101. The molecule has 0 atom stereocenters. The predicted octanol–water partition coefficient (Wildman–Crippen LogP) is 15.5. The normalized spacial score (nSPS) is 12.0. The minimum Gasteiger partial charge on any atom is -0.493 e. The molecule has 0 unspecified atom stereocenters. The van der Waals surface area contributed by atoms with E-state index in [2.05, 4.69) is 294 Å². The third-order valence-corrected chi connectivity index (χ3v) is 14.8. The molecule has 11 aromatic carbocycles. The van der Waals surface area contributed by atoms with Crippen molar-refractivity contribution in [1.82, 2.24) is 9.55 Å². The zero-order chi connectivity index (χ0) is 49.7. The number of hydrogen-bond donors (Lipinski definition) is 0. The molecule has 2 aromatic heterocycles. The maximum Gasteiger partial charge on any atom is 0.193 e. The smallest absolute Gasteiger partial charge is 0.193 e. The van der Waals surface area contributed by atoms with Crippen LogP contribution in [-0.4, -0.2) is 16.3 Å². The van der Waals surface area contributed by atoms with Gasteiger partial charge < -0.3 is 14.4 Å². The molecule has 3 heterocycles. The monoisotopic (exact) mass is 1150 g/mol. The van der Waals surface area contributed by atoms with Gasteiger partial charge in [-0.2, -0.15) is 53.4 Å². The second kappa shape index (κ2) is 20.0. The van der Waals surface area contributed by atoms with Crippen molar-refractivity contribution >= 4 is 78.4 Å². The van der Waals surface area contributed by atoms with Crippen LogP contribution < -0.4 is 26.2 Å². The molecule has 0 amide bonds. The fourth-order valence-electron chi connectivity index (χ4n) is 11.5. The summed E-state index contributed by atoms with van der Waals surface area (Å²) in [5.41, 5.74) is 18.7. The summed E-state index contributed by atoms with van der Waals surface area (Å²) >= 11 is 0. The van der Waals surface area contributed by atoms with Gasteiger partial charge in [0.25, 0.3) is 0 Å². The Bertz CT molecular complexity index is 4110. The van der Waals surface area contributed by atoms with E-state index in [1.165, 1.54) is 16.2 Å². The molecule has 6 heteroatoms. The zero-order valence-corrected chi connectivity index (χ0v) is 43.5. The number of benzene rings is 11. The average Bonchev–Trinajstić information content (AvgIpc) is 4.17. The van der Waals surface area contributed by atoms with Crippen molar-refractivity contribution in [2.45, 2.75) is 0 Å². The molecule has 14 rings (SSSR count). The van der Waals surface area contributed by atoms with Gasteiger partial charge in [0.2, 0.25) is 0 Å². The van der Waals surface area contributed by atoms with Crippen LogP contribution in [0.5, 0.6) is 0 Å². The average molecular weight is 1150 g/mol. The first-order chi connectivity index (χ1) is 37.2. The van der Waals surface area contributed by atoms with Gasteiger partial charge in [-0.25, -0.2) is 4.98 Å². The number of para-hydroxylation sites is 2. The van der Waals surface area contributed by atoms with E-state index in [9.17, 15) is 0 Å². The van der Waals surface area contributed by atoms with E-state index in [-0.39, 0.29) is 27.8 Å². The van der Waals surface area contributed by atoms with E-state index < -0.39 is 0 Å². The Kier molecular flexibility index (Phi) is 12.3. The van der Waals surface area contributed by atoms with Crippen LogP contribution in [0.1, 0.15) is 0 Å². The molecule has 0 radical (unpaired) electrons. The van der Waals surface area contributed by atoms with Crippen molar-refractivity contribution < 1.29 is 21.1 Å². The minimum absolute atomic E-state index is 0. The van der Waals surface area contributed by atoms with E-state index in [1.54, 1.807) is 0 Å². The SMILES string of the molecule is [Pt].[c-]1c(B(c2[c-]c3c(cc2)c2ccccc2n3-c2ccccn2)c2c(-c3ccccc3)cccc2-c2ccccc2)cccc1N1[CH-]N(c2c(-c3ccccc3)cccc2-c2ccccc2)c2c1ccc1ccccc21. The molecule has 362 valence electrons. The van der Waals surface area contributed by atoms with Crippen LogP contribution in [0.2, 0.25) is 0 Å². The molecule has 0 saturated heterocycles. The number of pyridine rings is 1. The standard InChI is InChI=1S/C70H46BN4.Pt/c1-5-22-49(23-6-1)57-35-20-36-58(50-24-7-2-8-25-50)68(57)71(55-42-43-63-62-34-15-16-39-64(62)75(66(63)47-55)67-40-17-18-45-72-67)54-31-19-32-56(46-54)73-48-74(70-61-33-14-13-30-53(61)41-44-65(70)73)69-59(51-26-9-3-10-27-51)37-21-38-60(69)52-28-11-4-12-29-52;/h1-45,48H;/q-3;. The summed E-state index contributed by atoms with van der Waals surface area (Å²) in [6.07, 6.45) is 1.87. The number of fused-ring (bicyclic) bond motifs is 6. The molecule has 1 aliphatic heterocycles. The summed E-state index contributed by atoms with van der Waals surface area (Å²) in [5, 5.41) is 4.62. The van der Waals surface area contributed by atoms with Gasteiger partial charge in [-0.05, 0) is 68.4 Å². The molecule has 0 spiro atoms. The summed E-state index contributed by atoms with van der Waals surface area (Å²) < 4.78 is 2.26. The third-order valence-electron chi connectivity index (χ3n) is 14.8. The van der Waals surface area contributed by atoms with Gasteiger partial charge in [0.1, 0.15) is 5.82 Å². The topological polar surface area (TPSA) is 24.3 Å². The van der Waals surface area contributed by atoms with E-state index in [0.717, 1.165) is 106 Å². The third kappa shape index (κ3) is 8.12. The van der Waals surface area contributed by atoms with Crippen molar-refractivity contribution in [2.75, 3.05) is 9.80 Å². The molecule has 76 heavy (non-hydrogen) atoms. The molecule has 13 aromatic rings. The Morgan fingerprint density at radius 1 is 0.382 bits per heavy atom. The van der Waals surface area contributed by atoms with Gasteiger partial charge in [-0.15, -0.1) is 17.7 Å². The summed E-state index contributed by atoms with van der Waals surface area (Å²) in [6.45, 7) is 1.96. The second-order valence-electron chi connectivity index (χ2n) is 19.1. The van der Waals surface area contributed by atoms with Crippen molar-refractivity contribution in [3.63, 3.8) is 0 Å². The minimum atomic E-state index is -0.325. The maximum absolute atomic E-state index is 4.91. The Morgan fingerprint density at radius 2 is 0.921 bits per heavy atom. The first kappa shape index (κ1) is 46.7. The summed E-state index contributed by atoms with van der Waals surface area (Å²) in [6, 6.07) is 104. The van der Waals surface area contributed by atoms with Crippen LogP contribution in [0, 0.1) is 18.8 Å². The summed E-state index contributed by atoms with van der Waals surface area (Å²) in [5.74, 6) is 0.849. The molecular weight excluding hydrogens is 1100 g/mol. The van der Waals surface area contributed by atoms with Gasteiger partial charge in [0.05, 0.1) is 0 Å². The largest absolute Gasteiger partial charge is 0.493 e. The molecule has 0 bridgehead atoms. The fraction of sp³-hybridized carbons (Fsp3) is 0. The van der Waals surface area contributed by atoms with Gasteiger partial charge in [0, 0.05) is 66.4 Å². The maximum atomic E-state index is 4.91. The van der Waals surface area contributed by atoms with Gasteiger partial charge in [-0.3, -0.25) is 0 Å². The number of nitrogens with zero attached hydrogens (tertiary/aromatic N) is 4. The van der Waals surface area contributed by atoms with Crippen LogP contribution >= 0.6 is 0 Å². The first-order valence-corrected chi connectivity index (χ1v) is 25.6. The molecule has 0 saturated carbocycles. The number of hydrogen-bond acceptors (Lipinski definition) is 3. The number of anilines is 4. The first-order valence-electron chi connectivity index (χ1n) is 25.6. The zero-order valence-electron chi connectivity index (χ0n) is 41.2. The van der Waals surface area contributed by atoms with E-state index in [0.29, 0.717) is 0 Å². The van der Waals surface area contributed by atoms with E-state index >= 15 is 0 Å². The molecule has 0 aliphatic carbocycles. The molecule has 4 nitrogen and oxygen atoms in total. The van der Waals surface area contributed by atoms with Gasteiger partial charge >= 0.3 is 0 Å². The Morgan fingerprint density at radius 3 is 1.55 bits per heavy atom. The molecule has 0 N–H and O–H groups in total. The van der Waals surface area contributed by atoms with Crippen molar-refractivity contribution in [3.05, 3.63) is 292 Å². The van der Waals surface area contributed by atoms with Crippen LogP contribution in [0.3, 0.4) is 0 Å². The number of aromatic nitrogens is 2. The molecule has 1 aliphatic rings. The van der Waals surface area contributed by atoms with Crippen LogP contribution in [0.25, 0.3) is 82.9 Å². The van der Waals surface area contributed by atoms with Gasteiger partial charge in [-0.1, -0.05) is 223 Å². The fourth-order valence-corrected chi connectivity index (χ4v) is 11.5. The van der Waals surface area contributed by atoms with Crippen LogP contribution in [0.4, 0.5) is 22.7 Å². The Hall–Kier alpha value is -9.02. The molecular formula is C70H46BN4Pt-3.